The predicted molar refractivity (Wildman–Crippen MR) is 119 cm³/mol. The van der Waals surface area contributed by atoms with Gasteiger partial charge in [-0.1, -0.05) is 0 Å². The van der Waals surface area contributed by atoms with E-state index in [9.17, 15) is 18.0 Å². The highest BCUT2D eigenvalue weighted by Crippen LogP contribution is 2.29. The van der Waals surface area contributed by atoms with Gasteiger partial charge in [0.25, 0.3) is 5.91 Å². The summed E-state index contributed by atoms with van der Waals surface area (Å²) >= 11 is 1.41. The van der Waals surface area contributed by atoms with Gasteiger partial charge in [0, 0.05) is 42.3 Å². The number of carboxylic acid groups (broad SMARTS) is 1. The van der Waals surface area contributed by atoms with Crippen molar-refractivity contribution in [1.29, 1.82) is 0 Å². The van der Waals surface area contributed by atoms with Gasteiger partial charge in [-0.15, -0.1) is 11.3 Å². The molecule has 4 aromatic heterocycles. The van der Waals surface area contributed by atoms with Crippen molar-refractivity contribution in [2.45, 2.75) is 25.6 Å². The van der Waals surface area contributed by atoms with Gasteiger partial charge in [-0.05, 0) is 30.9 Å². The Morgan fingerprint density at radius 3 is 2.34 bits per heavy atom. The summed E-state index contributed by atoms with van der Waals surface area (Å²) in [6.07, 6.45) is 4.06. The number of thiophene rings is 1. The van der Waals surface area contributed by atoms with Crippen molar-refractivity contribution in [2.24, 2.45) is 7.05 Å². The molecule has 0 saturated heterocycles. The predicted octanol–water partition coefficient (Wildman–Crippen LogP) is 0.907. The summed E-state index contributed by atoms with van der Waals surface area (Å²) in [5.41, 5.74) is 8.31. The second-order valence-corrected chi connectivity index (χ2v) is 9.31. The maximum atomic E-state index is 12.4. The first-order valence-corrected chi connectivity index (χ1v) is 11.0. The highest BCUT2D eigenvalue weighted by atomic mass is 32.1. The summed E-state index contributed by atoms with van der Waals surface area (Å²) in [5.74, 6) is -3.09. The number of quaternary nitrogens is 1. The minimum absolute atomic E-state index is 0.0868. The van der Waals surface area contributed by atoms with E-state index < -0.39 is 12.1 Å². The molecule has 0 bridgehead atoms. The number of halogens is 3. The van der Waals surface area contributed by atoms with E-state index in [-0.39, 0.29) is 11.4 Å². The van der Waals surface area contributed by atoms with Crippen LogP contribution < -0.4 is 16.2 Å². The molecule has 0 aromatic carbocycles. The molecule has 4 rings (SSSR count). The maximum absolute atomic E-state index is 12.4. The van der Waals surface area contributed by atoms with Crippen molar-refractivity contribution in [3.63, 3.8) is 0 Å². The SMILES string of the molecule is Cn1cc(-c2cnc3c(-c4csc(C(=O)NCC(C)(C)[NH3+])c4)cnn3c2)cn1.O=C([O-])C(F)(F)F. The molecule has 0 aliphatic rings. The second kappa shape index (κ2) is 9.84. The average molecular weight is 510 g/mol. The lowest BCUT2D eigenvalue weighted by atomic mass is 10.1. The van der Waals surface area contributed by atoms with Crippen LogP contribution in [0.3, 0.4) is 0 Å². The minimum Gasteiger partial charge on any atom is -0.542 e. The lowest BCUT2D eigenvalue weighted by molar-refractivity contribution is -0.462. The second-order valence-electron chi connectivity index (χ2n) is 8.40. The van der Waals surface area contributed by atoms with Gasteiger partial charge in [0.1, 0.15) is 11.5 Å². The molecule has 4 heterocycles. The average Bonchev–Trinajstić information content (AvgIpc) is 3.49. The molecule has 0 radical (unpaired) electrons. The molecule has 10 nitrogen and oxygen atoms in total. The van der Waals surface area contributed by atoms with Gasteiger partial charge in [0.2, 0.25) is 0 Å². The van der Waals surface area contributed by atoms with E-state index >= 15 is 0 Å². The van der Waals surface area contributed by atoms with Gasteiger partial charge in [-0.25, -0.2) is 9.50 Å². The fourth-order valence-electron chi connectivity index (χ4n) is 2.80. The number of aliphatic carboxylic acids is 1. The molecule has 186 valence electrons. The number of aryl methyl sites for hydroxylation is 1. The molecule has 0 atom stereocenters. The monoisotopic (exact) mass is 509 g/mol. The minimum atomic E-state index is -5.19. The lowest BCUT2D eigenvalue weighted by Crippen LogP contribution is -2.73. The molecular weight excluding hydrogens is 487 g/mol. The van der Waals surface area contributed by atoms with E-state index in [0.717, 1.165) is 27.9 Å². The Morgan fingerprint density at radius 1 is 1.11 bits per heavy atom. The first-order valence-electron chi connectivity index (χ1n) is 10.1. The number of rotatable bonds is 5. The number of nitrogens with one attached hydrogen (secondary N) is 1. The molecule has 1 amide bonds. The summed E-state index contributed by atoms with van der Waals surface area (Å²) in [4.78, 5) is 26.4. The summed E-state index contributed by atoms with van der Waals surface area (Å²) in [7, 11) is 1.88. The van der Waals surface area contributed by atoms with Gasteiger partial charge in [-0.3, -0.25) is 9.48 Å². The van der Waals surface area contributed by atoms with Crippen molar-refractivity contribution in [3.8, 4) is 22.3 Å². The Morgan fingerprint density at radius 2 is 1.77 bits per heavy atom. The molecule has 0 fully saturated rings. The summed E-state index contributed by atoms with van der Waals surface area (Å²) < 4.78 is 35.1. The molecule has 4 N–H and O–H groups in total. The number of alkyl halides is 3. The molecule has 0 saturated carbocycles. The normalized spacial score (nSPS) is 11.7. The smallest absolute Gasteiger partial charge is 0.430 e. The van der Waals surface area contributed by atoms with Gasteiger partial charge in [-0.2, -0.15) is 23.4 Å². The van der Waals surface area contributed by atoms with Gasteiger partial charge >= 0.3 is 6.18 Å². The number of carbonyl (C=O) groups is 2. The van der Waals surface area contributed by atoms with E-state index in [2.05, 4.69) is 26.2 Å². The largest absolute Gasteiger partial charge is 0.542 e. The lowest BCUT2D eigenvalue weighted by Gasteiger charge is -2.14. The molecule has 4 aromatic rings. The zero-order valence-electron chi connectivity index (χ0n) is 19.0. The number of nitrogens with zero attached hydrogens (tertiary/aromatic N) is 5. The Kier molecular flexibility index (Phi) is 7.26. The van der Waals surface area contributed by atoms with E-state index in [1.165, 1.54) is 11.3 Å². The maximum Gasteiger partial charge on any atom is 0.430 e. The number of amides is 1. The first-order chi connectivity index (χ1) is 16.2. The topological polar surface area (TPSA) is 145 Å². The van der Waals surface area contributed by atoms with Crippen molar-refractivity contribution in [2.75, 3.05) is 6.54 Å². The van der Waals surface area contributed by atoms with Crippen LogP contribution in [0, 0.1) is 0 Å². The fourth-order valence-corrected chi connectivity index (χ4v) is 3.62. The van der Waals surface area contributed by atoms with Crippen molar-refractivity contribution in [1.82, 2.24) is 29.7 Å². The van der Waals surface area contributed by atoms with Crippen LogP contribution in [0.1, 0.15) is 23.5 Å². The number of aromatic nitrogens is 5. The highest BCUT2D eigenvalue weighted by Gasteiger charge is 2.28. The van der Waals surface area contributed by atoms with Crippen molar-refractivity contribution < 1.29 is 33.6 Å². The Labute approximate surface area is 201 Å². The van der Waals surface area contributed by atoms with Crippen LogP contribution in [0.4, 0.5) is 13.2 Å². The molecule has 0 spiro atoms. The molecule has 0 unspecified atom stereocenters. The van der Waals surface area contributed by atoms with Crippen LogP contribution in [0.5, 0.6) is 0 Å². The van der Waals surface area contributed by atoms with E-state index in [0.29, 0.717) is 11.4 Å². The van der Waals surface area contributed by atoms with Crippen LogP contribution in [-0.4, -0.2) is 54.5 Å². The van der Waals surface area contributed by atoms with Gasteiger partial charge < -0.3 is 21.0 Å². The summed E-state index contributed by atoms with van der Waals surface area (Å²) in [5, 5.41) is 22.3. The number of carbonyl (C=O) groups excluding carboxylic acids is 2. The van der Waals surface area contributed by atoms with Crippen molar-refractivity contribution >= 4 is 28.9 Å². The van der Waals surface area contributed by atoms with Gasteiger partial charge in [0.15, 0.2) is 5.65 Å². The standard InChI is InChI=1S/C19H21N7OS.C2HF3O2/c1-19(2,20)11-22-18(27)16-4-12(10-28-16)15-7-24-26-9-13(5-21-17(15)26)14-6-23-25(3)8-14;3-2(4,5)1(6)7/h4-10H,11,20H2,1-3H3,(H,22,27);(H,6,7). The quantitative estimate of drug-likeness (QED) is 0.409. The summed E-state index contributed by atoms with van der Waals surface area (Å²) in [6.45, 7) is 4.49. The third-order valence-electron chi connectivity index (χ3n) is 4.49. The van der Waals surface area contributed by atoms with Crippen molar-refractivity contribution in [3.05, 3.63) is 47.3 Å². The summed E-state index contributed by atoms with van der Waals surface area (Å²) in [6, 6.07) is 1.88. The fraction of sp³-hybridized carbons (Fsp3) is 0.286. The zero-order chi connectivity index (χ0) is 26.0. The number of fused-ring (bicyclic) bond motifs is 1. The van der Waals surface area contributed by atoms with Crippen LogP contribution in [-0.2, 0) is 11.8 Å². The first kappa shape index (κ1) is 25.8. The molecule has 0 aliphatic heterocycles. The Bertz CT molecular complexity index is 1350. The third kappa shape index (κ3) is 6.64. The van der Waals surface area contributed by atoms with Crippen LogP contribution in [0.2, 0.25) is 0 Å². The van der Waals surface area contributed by atoms with E-state index in [4.69, 9.17) is 9.90 Å². The molecule has 14 heteroatoms. The highest BCUT2D eigenvalue weighted by molar-refractivity contribution is 7.12. The van der Waals surface area contributed by atoms with Crippen LogP contribution in [0.15, 0.2) is 42.4 Å². The van der Waals surface area contributed by atoms with E-state index in [1.54, 1.807) is 21.6 Å². The molecule has 35 heavy (non-hydrogen) atoms. The number of hydrogen-bond acceptors (Lipinski definition) is 7. The van der Waals surface area contributed by atoms with Crippen LogP contribution in [0.25, 0.3) is 27.9 Å². The third-order valence-corrected chi connectivity index (χ3v) is 5.42. The number of hydrogen-bond donors (Lipinski definition) is 2. The Balaban J connectivity index is 0.000000429. The zero-order valence-corrected chi connectivity index (χ0v) is 19.8. The Hall–Kier alpha value is -3.78. The van der Waals surface area contributed by atoms with Crippen LogP contribution >= 0.6 is 11.3 Å². The van der Waals surface area contributed by atoms with Gasteiger partial charge in [0.05, 0.1) is 23.8 Å². The molecule has 0 aliphatic carbocycles. The number of carboxylic acids is 1. The van der Waals surface area contributed by atoms with E-state index in [1.807, 2.05) is 50.9 Å². The molecular formula is C21H22F3N7O3S.